The van der Waals surface area contributed by atoms with Gasteiger partial charge in [0.15, 0.2) is 0 Å². The number of carbonyl (C=O) groups excluding carboxylic acids is 2. The highest BCUT2D eigenvalue weighted by atomic mass is 35.5. The molecule has 106 valence electrons. The van der Waals surface area contributed by atoms with Crippen molar-refractivity contribution in [3.8, 4) is 0 Å². The Morgan fingerprint density at radius 2 is 1.95 bits per heavy atom. The molecule has 0 aromatic rings. The molecular weight excluding hydrogens is 264 g/mol. The Bertz CT molecular complexity index is 398. The molecular formula is C14H21ClN2O2. The van der Waals surface area contributed by atoms with E-state index in [1.165, 1.54) is 4.90 Å². The third-order valence-electron chi connectivity index (χ3n) is 4.53. The predicted molar refractivity (Wildman–Crippen MR) is 75.0 cm³/mol. The number of halogens is 1. The molecule has 2 unspecified atom stereocenters. The molecule has 1 saturated carbocycles. The molecule has 1 saturated heterocycles. The van der Waals surface area contributed by atoms with Crippen molar-refractivity contribution in [2.45, 2.75) is 38.6 Å². The molecule has 1 N–H and O–H groups in total. The fourth-order valence-corrected chi connectivity index (χ4v) is 3.49. The van der Waals surface area contributed by atoms with Gasteiger partial charge in [-0.1, -0.05) is 32.4 Å². The van der Waals surface area contributed by atoms with Crippen LogP contribution in [0.1, 0.15) is 33.1 Å². The zero-order valence-corrected chi connectivity index (χ0v) is 12.2. The van der Waals surface area contributed by atoms with E-state index in [1.807, 2.05) is 0 Å². The van der Waals surface area contributed by atoms with Crippen molar-refractivity contribution in [1.29, 1.82) is 0 Å². The van der Waals surface area contributed by atoms with Gasteiger partial charge in [-0.15, -0.1) is 11.6 Å². The highest BCUT2D eigenvalue weighted by Gasteiger charge is 2.57. The number of hydrogen-bond donors (Lipinski definition) is 1. The van der Waals surface area contributed by atoms with Crippen molar-refractivity contribution in [2.24, 2.45) is 11.8 Å². The summed E-state index contributed by atoms with van der Waals surface area (Å²) in [5.41, 5.74) is -0.690. The third kappa shape index (κ3) is 2.27. The van der Waals surface area contributed by atoms with Gasteiger partial charge in [-0.3, -0.25) is 9.69 Å². The van der Waals surface area contributed by atoms with Crippen molar-refractivity contribution >= 4 is 23.5 Å². The number of alkyl halides is 1. The van der Waals surface area contributed by atoms with Crippen LogP contribution in [0, 0.1) is 11.8 Å². The average molecular weight is 285 g/mol. The lowest BCUT2D eigenvalue weighted by atomic mass is 9.67. The highest BCUT2D eigenvalue weighted by molar-refractivity contribution is 6.18. The Morgan fingerprint density at radius 3 is 2.53 bits per heavy atom. The van der Waals surface area contributed by atoms with Gasteiger partial charge >= 0.3 is 6.03 Å². The summed E-state index contributed by atoms with van der Waals surface area (Å²) in [7, 11) is 0. The lowest BCUT2D eigenvalue weighted by Gasteiger charge is -2.42. The van der Waals surface area contributed by atoms with Gasteiger partial charge in [-0.2, -0.15) is 0 Å². The van der Waals surface area contributed by atoms with Gasteiger partial charge in [0, 0.05) is 12.4 Å². The quantitative estimate of drug-likeness (QED) is 0.492. The molecule has 5 heteroatoms. The summed E-state index contributed by atoms with van der Waals surface area (Å²) in [6.07, 6.45) is 6.62. The lowest BCUT2D eigenvalue weighted by molar-refractivity contribution is -0.136. The molecule has 1 heterocycles. The summed E-state index contributed by atoms with van der Waals surface area (Å²) in [6.45, 7) is 4.43. The van der Waals surface area contributed by atoms with E-state index in [9.17, 15) is 9.59 Å². The maximum Gasteiger partial charge on any atom is 0.325 e. The monoisotopic (exact) mass is 284 g/mol. The minimum atomic E-state index is -0.690. The van der Waals surface area contributed by atoms with Crippen molar-refractivity contribution in [3.63, 3.8) is 0 Å². The largest absolute Gasteiger partial charge is 0.325 e. The first-order valence-corrected chi connectivity index (χ1v) is 7.42. The number of nitrogens with one attached hydrogen (secondary N) is 1. The van der Waals surface area contributed by atoms with Crippen LogP contribution in [0.4, 0.5) is 4.79 Å². The van der Waals surface area contributed by atoms with Crippen LogP contribution in [-0.4, -0.2) is 34.8 Å². The van der Waals surface area contributed by atoms with Gasteiger partial charge in [-0.25, -0.2) is 4.79 Å². The van der Waals surface area contributed by atoms with Crippen LogP contribution >= 0.6 is 11.6 Å². The van der Waals surface area contributed by atoms with E-state index in [-0.39, 0.29) is 23.8 Å². The first-order valence-electron chi connectivity index (χ1n) is 6.89. The maximum absolute atomic E-state index is 12.7. The fourth-order valence-electron chi connectivity index (χ4n) is 3.36. The maximum atomic E-state index is 12.7. The van der Waals surface area contributed by atoms with Gasteiger partial charge in [0.25, 0.3) is 5.91 Å². The second-order valence-corrected chi connectivity index (χ2v) is 5.88. The predicted octanol–water partition coefficient (Wildman–Crippen LogP) is 2.53. The molecule has 2 fully saturated rings. The third-order valence-corrected chi connectivity index (χ3v) is 4.71. The first kappa shape index (κ1) is 14.4. The van der Waals surface area contributed by atoms with E-state index in [0.717, 1.165) is 19.3 Å². The average Bonchev–Trinajstić information content (AvgIpc) is 2.62. The van der Waals surface area contributed by atoms with Crippen LogP contribution in [0.25, 0.3) is 0 Å². The first-order chi connectivity index (χ1) is 9.04. The number of carbonyl (C=O) groups is 2. The molecule has 1 aliphatic carbocycles. The Labute approximate surface area is 119 Å². The van der Waals surface area contributed by atoms with Crippen molar-refractivity contribution < 1.29 is 9.59 Å². The van der Waals surface area contributed by atoms with E-state index >= 15 is 0 Å². The van der Waals surface area contributed by atoms with E-state index < -0.39 is 5.54 Å². The molecule has 2 rings (SSSR count). The number of urea groups is 1. The molecule has 0 aromatic carbocycles. The van der Waals surface area contributed by atoms with Gasteiger partial charge in [0.1, 0.15) is 5.54 Å². The van der Waals surface area contributed by atoms with Gasteiger partial charge < -0.3 is 5.32 Å². The molecule has 2 atom stereocenters. The van der Waals surface area contributed by atoms with Crippen molar-refractivity contribution in [2.75, 3.05) is 12.4 Å². The van der Waals surface area contributed by atoms with Gasteiger partial charge in [0.2, 0.25) is 0 Å². The van der Waals surface area contributed by atoms with Gasteiger partial charge in [-0.05, 0) is 24.7 Å². The van der Waals surface area contributed by atoms with E-state index in [2.05, 4.69) is 19.2 Å². The van der Waals surface area contributed by atoms with Gasteiger partial charge in [0.05, 0.1) is 0 Å². The number of imide groups is 1. The molecule has 0 bridgehead atoms. The summed E-state index contributed by atoms with van der Waals surface area (Å²) in [5, 5.41) is 2.97. The molecule has 1 spiro atoms. The van der Waals surface area contributed by atoms with E-state index in [4.69, 9.17) is 11.6 Å². The normalized spacial score (nSPS) is 35.4. The SMILES string of the molecule is CC1CCCC(C)C12NC(=O)N(CC=CCCl)C2=O. The Morgan fingerprint density at radius 1 is 1.32 bits per heavy atom. The van der Waals surface area contributed by atoms with Crippen LogP contribution in [0.15, 0.2) is 12.2 Å². The van der Waals surface area contributed by atoms with Crippen LogP contribution < -0.4 is 5.32 Å². The summed E-state index contributed by atoms with van der Waals surface area (Å²) in [5.74, 6) is 0.697. The van der Waals surface area contributed by atoms with E-state index in [0.29, 0.717) is 12.4 Å². The Balaban J connectivity index is 2.22. The van der Waals surface area contributed by atoms with Crippen LogP contribution in [0.5, 0.6) is 0 Å². The number of rotatable bonds is 3. The number of amides is 3. The van der Waals surface area contributed by atoms with Crippen molar-refractivity contribution in [1.82, 2.24) is 10.2 Å². The molecule has 1 aliphatic heterocycles. The second-order valence-electron chi connectivity index (χ2n) is 5.57. The Hall–Kier alpha value is -1.03. The molecule has 3 amide bonds. The Kier molecular flexibility index (Phi) is 4.19. The number of allylic oxidation sites excluding steroid dienone is 1. The summed E-state index contributed by atoms with van der Waals surface area (Å²) < 4.78 is 0. The topological polar surface area (TPSA) is 49.4 Å². The second kappa shape index (κ2) is 5.53. The minimum absolute atomic E-state index is 0.0728. The van der Waals surface area contributed by atoms with Crippen LogP contribution in [0.3, 0.4) is 0 Å². The number of hydrogen-bond acceptors (Lipinski definition) is 2. The molecule has 2 aliphatic rings. The molecule has 4 nitrogen and oxygen atoms in total. The lowest BCUT2D eigenvalue weighted by Crippen LogP contribution is -2.58. The molecule has 0 aromatic heterocycles. The minimum Gasteiger partial charge on any atom is -0.323 e. The van der Waals surface area contributed by atoms with Crippen LogP contribution in [0.2, 0.25) is 0 Å². The summed E-state index contributed by atoms with van der Waals surface area (Å²) >= 11 is 5.56. The summed E-state index contributed by atoms with van der Waals surface area (Å²) in [6, 6.07) is -0.273. The number of nitrogens with zero attached hydrogens (tertiary/aromatic N) is 1. The zero-order valence-electron chi connectivity index (χ0n) is 11.5. The zero-order chi connectivity index (χ0) is 14.0. The smallest absolute Gasteiger partial charge is 0.323 e. The van der Waals surface area contributed by atoms with Crippen molar-refractivity contribution in [3.05, 3.63) is 12.2 Å². The van der Waals surface area contributed by atoms with Crippen LogP contribution in [-0.2, 0) is 4.79 Å². The fraction of sp³-hybridized carbons (Fsp3) is 0.714. The molecule has 0 radical (unpaired) electrons. The standard InChI is InChI=1S/C14H21ClN2O2/c1-10-6-5-7-11(2)14(10)12(18)17(13(19)16-14)9-4-3-8-15/h3-4,10-11H,5-9H2,1-2H3,(H,16,19). The van der Waals surface area contributed by atoms with E-state index in [1.54, 1.807) is 12.2 Å². The summed E-state index contributed by atoms with van der Waals surface area (Å²) in [4.78, 5) is 26.1. The molecule has 19 heavy (non-hydrogen) atoms. The highest BCUT2D eigenvalue weighted by Crippen LogP contribution is 2.42.